The fourth-order valence-electron chi connectivity index (χ4n) is 4.34. The molecule has 168 valence electrons. The van der Waals surface area contributed by atoms with E-state index in [1.54, 1.807) is 11.8 Å². The van der Waals surface area contributed by atoms with E-state index in [-0.39, 0.29) is 0 Å². The molecule has 0 spiro atoms. The quantitative estimate of drug-likeness (QED) is 0.318. The van der Waals surface area contributed by atoms with Gasteiger partial charge in [-0.25, -0.2) is 0 Å². The second-order valence-corrected chi connectivity index (χ2v) is 11.1. The number of hydrogen-bond acceptors (Lipinski definition) is 3. The molecule has 6 heteroatoms. The van der Waals surface area contributed by atoms with Gasteiger partial charge in [-0.15, -0.1) is 0 Å². The zero-order chi connectivity index (χ0) is 22.9. The Hall–Kier alpha value is -1.98. The lowest BCUT2D eigenvalue weighted by Gasteiger charge is -2.18. The average Bonchev–Trinajstić information content (AvgIpc) is 3.35. The van der Waals surface area contributed by atoms with Crippen LogP contribution >= 0.6 is 46.3 Å². The second-order valence-electron chi connectivity index (χ2n) is 7.99. The minimum Gasteiger partial charge on any atom is -0.335 e. The fourth-order valence-corrected chi connectivity index (χ4v) is 7.12. The highest BCUT2D eigenvalue weighted by atomic mass is 35.5. The molecule has 1 aromatic heterocycles. The van der Waals surface area contributed by atoms with Crippen molar-refractivity contribution >= 4 is 69.7 Å². The molecule has 1 aliphatic heterocycles. The van der Waals surface area contributed by atoms with E-state index in [0.717, 1.165) is 36.0 Å². The zero-order valence-electron chi connectivity index (χ0n) is 18.6. The molecule has 0 saturated carbocycles. The van der Waals surface area contributed by atoms with Crippen molar-refractivity contribution in [3.63, 3.8) is 0 Å². The Morgan fingerprint density at radius 3 is 2.67 bits per heavy atom. The number of halogens is 2. The number of thiazole rings is 1. The lowest BCUT2D eigenvalue weighted by atomic mass is 10.1. The standard InChI is InChI=1S/C27H25Cl2N2S2/c1-3-30-22-16-20(28)10-12-24(22)32-26(30)14-19(18-8-6-5-7-9-18)15-27-31(4-2)23-17-21(29)11-13-25(23)33-27/h5-10,12,14-17H,3-4,11,13H2,1-2H3/q+1. The lowest BCUT2D eigenvalue weighted by molar-refractivity contribution is -0.692. The number of thioether (sulfide) groups is 1. The van der Waals surface area contributed by atoms with E-state index in [1.807, 2.05) is 17.4 Å². The van der Waals surface area contributed by atoms with Crippen LogP contribution in [0.25, 0.3) is 17.7 Å². The van der Waals surface area contributed by atoms with E-state index in [2.05, 4.69) is 84.0 Å². The fraction of sp³-hybridized carbons (Fsp3) is 0.222. The van der Waals surface area contributed by atoms with Crippen LogP contribution in [-0.2, 0) is 13.0 Å². The van der Waals surface area contributed by atoms with E-state index in [4.69, 9.17) is 23.2 Å². The van der Waals surface area contributed by atoms with Crippen LogP contribution < -0.4 is 9.47 Å². The lowest BCUT2D eigenvalue weighted by Crippen LogP contribution is -2.36. The summed E-state index contributed by atoms with van der Waals surface area (Å²) in [6, 6.07) is 16.8. The number of allylic oxidation sites excluding steroid dienone is 3. The van der Waals surface area contributed by atoms with Gasteiger partial charge in [-0.3, -0.25) is 0 Å². The van der Waals surface area contributed by atoms with Crippen molar-refractivity contribution in [1.29, 1.82) is 0 Å². The summed E-state index contributed by atoms with van der Waals surface area (Å²) in [5.41, 5.74) is 4.85. The van der Waals surface area contributed by atoms with E-state index in [0.29, 0.717) is 0 Å². The summed E-state index contributed by atoms with van der Waals surface area (Å²) in [6.45, 7) is 6.19. The Morgan fingerprint density at radius 1 is 1.09 bits per heavy atom. The molecule has 0 N–H and O–H groups in total. The van der Waals surface area contributed by atoms with Gasteiger partial charge in [0.2, 0.25) is 5.69 Å². The zero-order valence-corrected chi connectivity index (χ0v) is 21.8. The Kier molecular flexibility index (Phi) is 6.71. The molecule has 0 saturated heterocycles. The van der Waals surface area contributed by atoms with Crippen molar-refractivity contribution < 1.29 is 4.57 Å². The highest BCUT2D eigenvalue weighted by molar-refractivity contribution is 8.03. The number of benzene rings is 2. The normalized spacial score (nSPS) is 16.7. The van der Waals surface area contributed by atoms with Gasteiger partial charge in [-0.2, -0.15) is 4.57 Å². The van der Waals surface area contributed by atoms with Crippen molar-refractivity contribution in [3.05, 3.63) is 90.8 Å². The van der Waals surface area contributed by atoms with Gasteiger partial charge >= 0.3 is 0 Å². The molecule has 0 amide bonds. The summed E-state index contributed by atoms with van der Waals surface area (Å²) in [7, 11) is 0. The van der Waals surface area contributed by atoms with Gasteiger partial charge < -0.3 is 4.90 Å². The molecule has 5 rings (SSSR count). The molecular weight excluding hydrogens is 487 g/mol. The first-order valence-corrected chi connectivity index (χ1v) is 13.6. The van der Waals surface area contributed by atoms with Crippen molar-refractivity contribution in [1.82, 2.24) is 0 Å². The first kappa shape index (κ1) is 22.8. The summed E-state index contributed by atoms with van der Waals surface area (Å²) in [5.74, 6) is 0. The number of hydrogen-bond donors (Lipinski definition) is 0. The number of rotatable bonds is 5. The number of fused-ring (bicyclic) bond motifs is 2. The van der Waals surface area contributed by atoms with Crippen LogP contribution in [0.3, 0.4) is 0 Å². The Balaban J connectivity index is 1.63. The van der Waals surface area contributed by atoms with Crippen LogP contribution in [0.1, 0.15) is 41.4 Å². The maximum Gasteiger partial charge on any atom is 0.263 e. The second kappa shape index (κ2) is 9.71. The van der Waals surface area contributed by atoms with Crippen molar-refractivity contribution in [3.8, 4) is 0 Å². The van der Waals surface area contributed by atoms with Crippen LogP contribution in [0.2, 0.25) is 5.02 Å². The molecule has 3 aromatic rings. The predicted molar refractivity (Wildman–Crippen MR) is 145 cm³/mol. The van der Waals surface area contributed by atoms with Gasteiger partial charge in [0.25, 0.3) is 5.01 Å². The highest BCUT2D eigenvalue weighted by Crippen LogP contribution is 2.47. The Labute approximate surface area is 213 Å². The third-order valence-corrected chi connectivity index (χ3v) is 8.80. The first-order valence-electron chi connectivity index (χ1n) is 11.2. The molecule has 0 fully saturated rings. The van der Waals surface area contributed by atoms with Gasteiger partial charge in [-0.05, 0) is 62.1 Å². The SMILES string of the molecule is CCN1/C(=C/C(=C/c2sc3c([n+]2CC)C=C(Cl)CC3)c2ccccc2)Sc2ccc(Cl)cc21. The maximum absolute atomic E-state index is 6.39. The predicted octanol–water partition coefficient (Wildman–Crippen LogP) is 8.25. The van der Waals surface area contributed by atoms with Crippen LogP contribution in [0, 0.1) is 0 Å². The van der Waals surface area contributed by atoms with Gasteiger partial charge in [0, 0.05) is 33.6 Å². The molecule has 2 aliphatic rings. The maximum atomic E-state index is 6.39. The van der Waals surface area contributed by atoms with Crippen molar-refractivity contribution in [2.75, 3.05) is 11.4 Å². The summed E-state index contributed by atoms with van der Waals surface area (Å²) < 4.78 is 2.39. The number of nitrogens with zero attached hydrogens (tertiary/aromatic N) is 2. The number of aryl methyl sites for hydroxylation is 1. The minimum atomic E-state index is 0.771. The van der Waals surface area contributed by atoms with Crippen molar-refractivity contribution in [2.45, 2.75) is 38.1 Å². The molecular formula is C27H25Cl2N2S2+. The third kappa shape index (κ3) is 4.54. The largest absolute Gasteiger partial charge is 0.335 e. The topological polar surface area (TPSA) is 7.12 Å². The first-order chi connectivity index (χ1) is 16.1. The highest BCUT2D eigenvalue weighted by Gasteiger charge is 2.27. The molecule has 2 heterocycles. The van der Waals surface area contributed by atoms with Gasteiger partial charge in [0.15, 0.2) is 0 Å². The van der Waals surface area contributed by atoms with Crippen LogP contribution in [-0.4, -0.2) is 6.54 Å². The van der Waals surface area contributed by atoms with E-state index >= 15 is 0 Å². The summed E-state index contributed by atoms with van der Waals surface area (Å²) in [4.78, 5) is 5.01. The molecule has 0 radical (unpaired) electrons. The molecule has 2 nitrogen and oxygen atoms in total. The van der Waals surface area contributed by atoms with Gasteiger partial charge in [-0.1, -0.05) is 76.6 Å². The van der Waals surface area contributed by atoms with E-state index in [1.165, 1.54) is 42.3 Å². The van der Waals surface area contributed by atoms with E-state index < -0.39 is 0 Å². The smallest absolute Gasteiger partial charge is 0.263 e. The molecule has 2 aromatic carbocycles. The van der Waals surface area contributed by atoms with Crippen LogP contribution in [0.15, 0.2) is 69.6 Å². The Morgan fingerprint density at radius 2 is 1.91 bits per heavy atom. The molecule has 0 unspecified atom stereocenters. The molecule has 1 aliphatic carbocycles. The van der Waals surface area contributed by atoms with Crippen LogP contribution in [0.4, 0.5) is 5.69 Å². The third-order valence-electron chi connectivity index (χ3n) is 5.94. The summed E-state index contributed by atoms with van der Waals surface area (Å²) in [6.07, 6.45) is 8.74. The van der Waals surface area contributed by atoms with Gasteiger partial charge in [0.1, 0.15) is 6.54 Å². The molecule has 0 atom stereocenters. The Bertz CT molecular complexity index is 1290. The number of anilines is 1. The molecule has 33 heavy (non-hydrogen) atoms. The summed E-state index contributed by atoms with van der Waals surface area (Å²) >= 11 is 16.4. The van der Waals surface area contributed by atoms with E-state index in [9.17, 15) is 0 Å². The molecule has 0 bridgehead atoms. The average molecular weight is 513 g/mol. The number of aromatic nitrogens is 1. The summed E-state index contributed by atoms with van der Waals surface area (Å²) in [5, 5.41) is 4.19. The van der Waals surface area contributed by atoms with Crippen molar-refractivity contribution in [2.24, 2.45) is 0 Å². The monoisotopic (exact) mass is 511 g/mol. The van der Waals surface area contributed by atoms with Crippen LogP contribution in [0.5, 0.6) is 0 Å². The minimum absolute atomic E-state index is 0.771. The van der Waals surface area contributed by atoms with Gasteiger partial charge in [0.05, 0.1) is 15.6 Å².